The van der Waals surface area contributed by atoms with E-state index < -0.39 is 0 Å². The van der Waals surface area contributed by atoms with Gasteiger partial charge in [-0.3, -0.25) is 0 Å². The first-order valence-corrected chi connectivity index (χ1v) is 8.15. The van der Waals surface area contributed by atoms with Gasteiger partial charge in [-0.25, -0.2) is 0 Å². The predicted molar refractivity (Wildman–Crippen MR) is 87.1 cm³/mol. The fourth-order valence-electron chi connectivity index (χ4n) is 2.28. The molecule has 0 radical (unpaired) electrons. The van der Waals surface area contributed by atoms with Crippen molar-refractivity contribution < 1.29 is 9.47 Å². The third-order valence-corrected chi connectivity index (χ3v) is 4.89. The molecule has 2 nitrogen and oxygen atoms in total. The van der Waals surface area contributed by atoms with E-state index >= 15 is 0 Å². The molecule has 104 valence electrons. The molecule has 1 atom stereocenters. The lowest BCUT2D eigenvalue weighted by molar-refractivity contribution is 0.171. The molecule has 2 aromatic carbocycles. The molecule has 0 aliphatic carbocycles. The van der Waals surface area contributed by atoms with Crippen LogP contribution in [0.4, 0.5) is 0 Å². The fourth-order valence-corrected chi connectivity index (χ4v) is 3.44. The summed E-state index contributed by atoms with van der Waals surface area (Å²) in [5.74, 6) is 1.65. The topological polar surface area (TPSA) is 18.5 Å². The third kappa shape index (κ3) is 2.72. The Kier molecular flexibility index (Phi) is 4.03. The summed E-state index contributed by atoms with van der Waals surface area (Å²) in [6.45, 7) is 3.35. The number of halogens is 2. The molecule has 3 rings (SSSR count). The molecule has 0 spiro atoms. The zero-order chi connectivity index (χ0) is 14.1. The third-order valence-electron chi connectivity index (χ3n) is 3.37. The van der Waals surface area contributed by atoms with Gasteiger partial charge in [0.1, 0.15) is 13.2 Å². The van der Waals surface area contributed by atoms with E-state index in [1.807, 2.05) is 12.1 Å². The second-order valence-corrected chi connectivity index (χ2v) is 6.60. The van der Waals surface area contributed by atoms with Gasteiger partial charge in [-0.1, -0.05) is 44.0 Å². The van der Waals surface area contributed by atoms with Crippen molar-refractivity contribution in [1.29, 1.82) is 0 Å². The standard InChI is InChI=1S/C16H14Br2O2/c1-10-2-4-12(17)9-13(10)16(18)11-3-5-14-15(8-11)20-7-6-19-14/h2-5,8-9,16H,6-7H2,1H3. The Bertz CT molecular complexity index is 640. The molecule has 1 unspecified atom stereocenters. The van der Waals surface area contributed by atoms with Crippen molar-refractivity contribution in [2.45, 2.75) is 11.8 Å². The minimum absolute atomic E-state index is 0.135. The molecular weight excluding hydrogens is 384 g/mol. The van der Waals surface area contributed by atoms with Crippen molar-refractivity contribution in [1.82, 2.24) is 0 Å². The number of alkyl halides is 1. The van der Waals surface area contributed by atoms with Crippen LogP contribution in [0.1, 0.15) is 21.5 Å². The van der Waals surface area contributed by atoms with Crippen LogP contribution in [0, 0.1) is 6.92 Å². The van der Waals surface area contributed by atoms with Crippen LogP contribution >= 0.6 is 31.9 Å². The van der Waals surface area contributed by atoms with E-state index in [1.54, 1.807) is 0 Å². The summed E-state index contributed by atoms with van der Waals surface area (Å²) in [5.41, 5.74) is 3.66. The van der Waals surface area contributed by atoms with E-state index in [2.05, 4.69) is 63.0 Å². The van der Waals surface area contributed by atoms with Gasteiger partial charge in [0, 0.05) is 4.47 Å². The number of benzene rings is 2. The lowest BCUT2D eigenvalue weighted by Crippen LogP contribution is -2.15. The van der Waals surface area contributed by atoms with Crippen molar-refractivity contribution in [2.24, 2.45) is 0 Å². The smallest absolute Gasteiger partial charge is 0.161 e. The van der Waals surface area contributed by atoms with Gasteiger partial charge >= 0.3 is 0 Å². The summed E-state index contributed by atoms with van der Waals surface area (Å²) < 4.78 is 12.3. The monoisotopic (exact) mass is 396 g/mol. The number of hydrogen-bond donors (Lipinski definition) is 0. The Balaban J connectivity index is 1.97. The van der Waals surface area contributed by atoms with Crippen molar-refractivity contribution in [2.75, 3.05) is 13.2 Å². The normalized spacial score (nSPS) is 14.9. The molecule has 0 N–H and O–H groups in total. The van der Waals surface area contributed by atoms with Crippen LogP contribution < -0.4 is 9.47 Å². The van der Waals surface area contributed by atoms with E-state index in [1.165, 1.54) is 11.1 Å². The summed E-state index contributed by atoms with van der Waals surface area (Å²) >= 11 is 7.32. The zero-order valence-electron chi connectivity index (χ0n) is 11.0. The Morgan fingerprint density at radius 1 is 1.00 bits per heavy atom. The Hall–Kier alpha value is -1.00. The quantitative estimate of drug-likeness (QED) is 0.663. The predicted octanol–water partition coefficient (Wildman–Crippen LogP) is 5.01. The molecule has 1 heterocycles. The van der Waals surface area contributed by atoms with Crippen LogP contribution in [0.15, 0.2) is 40.9 Å². The van der Waals surface area contributed by atoms with Crippen molar-refractivity contribution in [3.8, 4) is 11.5 Å². The highest BCUT2D eigenvalue weighted by atomic mass is 79.9. The van der Waals surface area contributed by atoms with Crippen LogP contribution in [0.5, 0.6) is 11.5 Å². The molecule has 4 heteroatoms. The summed E-state index contributed by atoms with van der Waals surface area (Å²) in [5, 5.41) is 0. The van der Waals surface area contributed by atoms with E-state index in [9.17, 15) is 0 Å². The highest BCUT2D eigenvalue weighted by Gasteiger charge is 2.17. The van der Waals surface area contributed by atoms with Crippen molar-refractivity contribution in [3.05, 3.63) is 57.6 Å². The van der Waals surface area contributed by atoms with Gasteiger partial charge in [0.05, 0.1) is 4.83 Å². The van der Waals surface area contributed by atoms with E-state index in [4.69, 9.17) is 9.47 Å². The maximum atomic E-state index is 5.65. The SMILES string of the molecule is Cc1ccc(Br)cc1C(Br)c1ccc2c(c1)OCCO2. The number of rotatable bonds is 2. The van der Waals surface area contributed by atoms with Gasteiger partial charge in [0.2, 0.25) is 0 Å². The van der Waals surface area contributed by atoms with Gasteiger partial charge in [0.15, 0.2) is 11.5 Å². The number of fused-ring (bicyclic) bond motifs is 1. The number of hydrogen-bond acceptors (Lipinski definition) is 2. The van der Waals surface area contributed by atoms with Gasteiger partial charge in [0.25, 0.3) is 0 Å². The summed E-state index contributed by atoms with van der Waals surface area (Å²) in [6.07, 6.45) is 0. The number of aryl methyl sites for hydroxylation is 1. The lowest BCUT2D eigenvalue weighted by Gasteiger charge is -2.21. The molecular formula is C16H14Br2O2. The Labute approximate surface area is 135 Å². The summed E-state index contributed by atoms with van der Waals surface area (Å²) in [7, 11) is 0. The highest BCUT2D eigenvalue weighted by molar-refractivity contribution is 9.10. The van der Waals surface area contributed by atoms with Crippen LogP contribution in [-0.2, 0) is 0 Å². The van der Waals surface area contributed by atoms with E-state index in [0.29, 0.717) is 13.2 Å². The van der Waals surface area contributed by atoms with Crippen LogP contribution in [-0.4, -0.2) is 13.2 Å². The molecule has 1 aliphatic heterocycles. The Morgan fingerprint density at radius 2 is 1.75 bits per heavy atom. The largest absolute Gasteiger partial charge is 0.486 e. The minimum Gasteiger partial charge on any atom is -0.486 e. The van der Waals surface area contributed by atoms with E-state index in [0.717, 1.165) is 21.5 Å². The van der Waals surface area contributed by atoms with Gasteiger partial charge in [-0.2, -0.15) is 0 Å². The summed E-state index contributed by atoms with van der Waals surface area (Å²) in [4.78, 5) is 0.135. The van der Waals surface area contributed by atoms with Crippen LogP contribution in [0.2, 0.25) is 0 Å². The first-order chi connectivity index (χ1) is 9.65. The van der Waals surface area contributed by atoms with Crippen molar-refractivity contribution in [3.63, 3.8) is 0 Å². The molecule has 1 aliphatic rings. The van der Waals surface area contributed by atoms with Crippen LogP contribution in [0.25, 0.3) is 0 Å². The highest BCUT2D eigenvalue weighted by Crippen LogP contribution is 2.39. The molecule has 0 bridgehead atoms. The van der Waals surface area contributed by atoms with Gasteiger partial charge in [-0.05, 0) is 47.9 Å². The second kappa shape index (κ2) is 5.78. The van der Waals surface area contributed by atoms with Gasteiger partial charge < -0.3 is 9.47 Å². The maximum Gasteiger partial charge on any atom is 0.161 e. The molecule has 20 heavy (non-hydrogen) atoms. The summed E-state index contributed by atoms with van der Waals surface area (Å²) in [6, 6.07) is 12.4. The van der Waals surface area contributed by atoms with Crippen LogP contribution in [0.3, 0.4) is 0 Å². The first-order valence-electron chi connectivity index (χ1n) is 6.45. The lowest BCUT2D eigenvalue weighted by atomic mass is 10.00. The van der Waals surface area contributed by atoms with E-state index in [-0.39, 0.29) is 4.83 Å². The minimum atomic E-state index is 0.135. The molecule has 0 saturated heterocycles. The van der Waals surface area contributed by atoms with Crippen molar-refractivity contribution >= 4 is 31.9 Å². The molecule has 0 amide bonds. The molecule has 0 aromatic heterocycles. The number of ether oxygens (including phenoxy) is 2. The van der Waals surface area contributed by atoms with Gasteiger partial charge in [-0.15, -0.1) is 0 Å². The molecule has 0 fully saturated rings. The Morgan fingerprint density at radius 3 is 2.55 bits per heavy atom. The second-order valence-electron chi connectivity index (χ2n) is 4.77. The fraction of sp³-hybridized carbons (Fsp3) is 0.250. The first kappa shape index (κ1) is 14.0. The average molecular weight is 398 g/mol. The average Bonchev–Trinajstić information content (AvgIpc) is 2.48. The molecule has 0 saturated carbocycles. The zero-order valence-corrected chi connectivity index (χ0v) is 14.2. The molecule has 2 aromatic rings. The maximum absolute atomic E-state index is 5.65.